The molecule has 3 rings (SSSR count). The highest BCUT2D eigenvalue weighted by atomic mass is 19.1. The largest absolute Gasteiger partial charge is 0.445 e. The number of aryl methyl sites for hydroxylation is 1. The molecule has 1 N–H and O–H groups in total. The Kier molecular flexibility index (Phi) is 4.09. The first-order chi connectivity index (χ1) is 11.4. The number of esters is 1. The van der Waals surface area contributed by atoms with Crippen LogP contribution in [0.1, 0.15) is 35.3 Å². The van der Waals surface area contributed by atoms with Gasteiger partial charge in [0.15, 0.2) is 5.60 Å². The zero-order valence-electron chi connectivity index (χ0n) is 13.6. The molecule has 1 atom stereocenters. The van der Waals surface area contributed by atoms with Gasteiger partial charge in [-0.3, -0.25) is 4.79 Å². The van der Waals surface area contributed by atoms with Crippen molar-refractivity contribution in [3.8, 4) is 0 Å². The average Bonchev–Trinajstić information content (AvgIpc) is 2.56. The van der Waals surface area contributed by atoms with Gasteiger partial charge in [0.2, 0.25) is 0 Å². The van der Waals surface area contributed by atoms with Crippen molar-refractivity contribution >= 4 is 17.6 Å². The summed E-state index contributed by atoms with van der Waals surface area (Å²) in [4.78, 5) is 24.9. The number of halogens is 1. The van der Waals surface area contributed by atoms with Crippen molar-refractivity contribution in [1.82, 2.24) is 0 Å². The molecule has 0 aromatic heterocycles. The lowest BCUT2D eigenvalue weighted by Crippen LogP contribution is -2.48. The number of nitrogens with one attached hydrogen (secondary N) is 1. The Morgan fingerprint density at radius 2 is 1.96 bits per heavy atom. The van der Waals surface area contributed by atoms with Gasteiger partial charge in [0, 0.05) is 12.1 Å². The first-order valence-corrected chi connectivity index (χ1v) is 7.83. The van der Waals surface area contributed by atoms with Crippen molar-refractivity contribution in [2.75, 3.05) is 5.32 Å². The molecular weight excluding hydrogens is 309 g/mol. The summed E-state index contributed by atoms with van der Waals surface area (Å²) in [5, 5.41) is 2.68. The van der Waals surface area contributed by atoms with E-state index in [2.05, 4.69) is 5.32 Å². The highest BCUT2D eigenvalue weighted by Gasteiger charge is 2.42. The second kappa shape index (κ2) is 6.07. The van der Waals surface area contributed by atoms with Crippen LogP contribution in [0.4, 0.5) is 10.1 Å². The molecule has 0 aliphatic carbocycles. The van der Waals surface area contributed by atoms with Gasteiger partial charge in [-0.25, -0.2) is 9.18 Å². The number of hydrogen-bond acceptors (Lipinski definition) is 3. The lowest BCUT2D eigenvalue weighted by Gasteiger charge is -2.33. The number of carbonyl (C=O) groups is 2. The number of benzene rings is 2. The fraction of sp³-hybridized carbons (Fsp3) is 0.263. The van der Waals surface area contributed by atoms with Crippen LogP contribution in [0, 0.1) is 5.82 Å². The van der Waals surface area contributed by atoms with Gasteiger partial charge in [-0.05, 0) is 54.8 Å². The first-order valence-electron chi connectivity index (χ1n) is 7.83. The van der Waals surface area contributed by atoms with Gasteiger partial charge in [0.25, 0.3) is 5.91 Å². The maximum absolute atomic E-state index is 13.0. The molecule has 1 amide bonds. The fourth-order valence-electron chi connectivity index (χ4n) is 2.79. The predicted molar refractivity (Wildman–Crippen MR) is 88.4 cm³/mol. The van der Waals surface area contributed by atoms with Crippen LogP contribution in [0.2, 0.25) is 0 Å². The van der Waals surface area contributed by atoms with E-state index in [1.807, 2.05) is 19.1 Å². The van der Waals surface area contributed by atoms with E-state index >= 15 is 0 Å². The predicted octanol–water partition coefficient (Wildman–Crippen LogP) is 3.50. The van der Waals surface area contributed by atoms with Gasteiger partial charge >= 0.3 is 5.97 Å². The Hall–Kier alpha value is -2.69. The summed E-state index contributed by atoms with van der Waals surface area (Å²) in [6.45, 7) is 3.62. The molecule has 1 heterocycles. The Morgan fingerprint density at radius 3 is 2.62 bits per heavy atom. The number of cyclic esters (lactones) is 1. The van der Waals surface area contributed by atoms with Crippen molar-refractivity contribution in [2.24, 2.45) is 0 Å². The quantitative estimate of drug-likeness (QED) is 0.878. The molecule has 124 valence electrons. The molecule has 2 aromatic carbocycles. The van der Waals surface area contributed by atoms with E-state index in [1.165, 1.54) is 24.3 Å². The third-order valence-electron chi connectivity index (χ3n) is 4.23. The molecule has 4 nitrogen and oxygen atoms in total. The summed E-state index contributed by atoms with van der Waals surface area (Å²) >= 11 is 0. The molecule has 1 aliphatic heterocycles. The van der Waals surface area contributed by atoms with E-state index in [9.17, 15) is 14.0 Å². The Labute approximate surface area is 139 Å². The van der Waals surface area contributed by atoms with E-state index in [4.69, 9.17) is 4.74 Å². The molecule has 0 bridgehead atoms. The van der Waals surface area contributed by atoms with E-state index in [0.29, 0.717) is 17.7 Å². The number of rotatable bonds is 3. The highest BCUT2D eigenvalue weighted by molar-refractivity contribution is 6.02. The molecular formula is C19H18FNO3. The maximum atomic E-state index is 13.0. The number of ether oxygens (including phenoxy) is 1. The monoisotopic (exact) mass is 327 g/mol. The van der Waals surface area contributed by atoms with Crippen LogP contribution in [-0.4, -0.2) is 17.5 Å². The molecule has 24 heavy (non-hydrogen) atoms. The number of hydrogen-bond donors (Lipinski definition) is 1. The Balaban J connectivity index is 1.85. The van der Waals surface area contributed by atoms with E-state index in [0.717, 1.165) is 17.5 Å². The fourth-order valence-corrected chi connectivity index (χ4v) is 2.79. The molecule has 0 spiro atoms. The molecule has 5 heteroatoms. The number of amides is 1. The number of carbonyl (C=O) groups excluding carboxylic acids is 2. The smallest absolute Gasteiger partial charge is 0.339 e. The SMILES string of the molecule is CCc1ccc2c(c1)CC(C)(C(=O)Nc1ccc(F)cc1)OC2=O. The van der Waals surface area contributed by atoms with E-state index in [-0.39, 0.29) is 5.82 Å². The lowest BCUT2D eigenvalue weighted by molar-refractivity contribution is -0.134. The summed E-state index contributed by atoms with van der Waals surface area (Å²) in [6, 6.07) is 11.0. The summed E-state index contributed by atoms with van der Waals surface area (Å²) in [7, 11) is 0. The summed E-state index contributed by atoms with van der Waals surface area (Å²) in [5.41, 5.74) is 1.56. The Morgan fingerprint density at radius 1 is 1.25 bits per heavy atom. The van der Waals surface area contributed by atoms with Crippen molar-refractivity contribution in [2.45, 2.75) is 32.3 Å². The normalized spacial score (nSPS) is 19.4. The number of fused-ring (bicyclic) bond motifs is 1. The topological polar surface area (TPSA) is 55.4 Å². The minimum Gasteiger partial charge on any atom is -0.445 e. The minimum atomic E-state index is -1.30. The molecule has 1 aliphatic rings. The third kappa shape index (κ3) is 3.02. The zero-order valence-corrected chi connectivity index (χ0v) is 13.6. The van der Waals surface area contributed by atoms with Crippen LogP contribution < -0.4 is 5.32 Å². The summed E-state index contributed by atoms with van der Waals surface area (Å²) in [5.74, 6) is -1.32. The van der Waals surface area contributed by atoms with E-state index < -0.39 is 17.5 Å². The van der Waals surface area contributed by atoms with Crippen LogP contribution >= 0.6 is 0 Å². The molecule has 0 fully saturated rings. The molecule has 0 saturated heterocycles. The highest BCUT2D eigenvalue weighted by Crippen LogP contribution is 2.30. The Bertz CT molecular complexity index is 801. The van der Waals surface area contributed by atoms with E-state index in [1.54, 1.807) is 13.0 Å². The van der Waals surface area contributed by atoms with Crippen molar-refractivity contribution in [3.63, 3.8) is 0 Å². The minimum absolute atomic E-state index is 0.301. The van der Waals surface area contributed by atoms with Crippen LogP contribution in [0.25, 0.3) is 0 Å². The van der Waals surface area contributed by atoms with Gasteiger partial charge in [-0.15, -0.1) is 0 Å². The van der Waals surface area contributed by atoms with Gasteiger partial charge in [-0.2, -0.15) is 0 Å². The summed E-state index contributed by atoms with van der Waals surface area (Å²) < 4.78 is 18.4. The van der Waals surface area contributed by atoms with Crippen LogP contribution in [0.3, 0.4) is 0 Å². The van der Waals surface area contributed by atoms with Crippen LogP contribution in [0.15, 0.2) is 42.5 Å². The average molecular weight is 327 g/mol. The van der Waals surface area contributed by atoms with Gasteiger partial charge in [0.05, 0.1) is 5.56 Å². The van der Waals surface area contributed by atoms with Gasteiger partial charge in [0.1, 0.15) is 5.82 Å². The number of anilines is 1. The molecule has 0 radical (unpaired) electrons. The van der Waals surface area contributed by atoms with Gasteiger partial charge < -0.3 is 10.1 Å². The standard InChI is InChI=1S/C19H18FNO3/c1-3-12-4-9-16-13(10-12)11-19(2,24-17(16)22)18(23)21-15-7-5-14(20)6-8-15/h4-10H,3,11H2,1-2H3,(H,21,23). The molecule has 0 saturated carbocycles. The van der Waals surface area contributed by atoms with Crippen molar-refractivity contribution in [1.29, 1.82) is 0 Å². The van der Waals surface area contributed by atoms with Crippen molar-refractivity contribution < 1.29 is 18.7 Å². The van der Waals surface area contributed by atoms with Crippen molar-refractivity contribution in [3.05, 3.63) is 65.0 Å². The second-order valence-electron chi connectivity index (χ2n) is 6.10. The second-order valence-corrected chi connectivity index (χ2v) is 6.10. The molecule has 2 aromatic rings. The molecule has 1 unspecified atom stereocenters. The maximum Gasteiger partial charge on any atom is 0.339 e. The van der Waals surface area contributed by atoms with Crippen LogP contribution in [0.5, 0.6) is 0 Å². The third-order valence-corrected chi connectivity index (χ3v) is 4.23. The lowest BCUT2D eigenvalue weighted by atomic mass is 9.88. The zero-order chi connectivity index (χ0) is 17.3. The van der Waals surface area contributed by atoms with Gasteiger partial charge in [-0.1, -0.05) is 19.1 Å². The van der Waals surface area contributed by atoms with Crippen LogP contribution in [-0.2, 0) is 22.4 Å². The summed E-state index contributed by atoms with van der Waals surface area (Å²) in [6.07, 6.45) is 1.15. The first kappa shape index (κ1) is 16.2.